The average Bonchev–Trinajstić information content (AvgIpc) is 3.19. The first kappa shape index (κ1) is 59.3. The summed E-state index contributed by atoms with van der Waals surface area (Å²) in [7, 11) is 0. The van der Waals surface area contributed by atoms with Gasteiger partial charge >= 0.3 is 0 Å². The maximum absolute atomic E-state index is 13.3. The number of allylic oxidation sites excluding steroid dienone is 8. The largest absolute Gasteiger partial charge is 0.371 e. The van der Waals surface area contributed by atoms with Crippen LogP contribution in [0.25, 0.3) is 6.08 Å². The van der Waals surface area contributed by atoms with Gasteiger partial charge in [0.25, 0.3) is 5.92 Å². The summed E-state index contributed by atoms with van der Waals surface area (Å²) in [5.41, 5.74) is 10.5. The standard InChI is InChI=1S/C24H39N.C12H16F2.C11H13F.C6H12.C2H6/c1-7-11-18-24(6,10-4)22(9-3)16-14-20-25(19-8-2)23-17-13-12-15-21(23)5;1-6-8-11(12(5,13)14)10(7-2)9(3)4;1-4-9-5-7-10(8-6-9)11(2,3)12;1-4-5-6(2)3;1-2/h12-13,15,17H,3,7-8,10-11,14,16,18-20H2,1-2,4-6H3;6-8H,2-3H2,1,4-5H3;4-8H,1H2,2-3H3;2,4-5H2,1,3H3;1-2H3/b;8-6-,11-10-;;;. The van der Waals surface area contributed by atoms with Gasteiger partial charge in [0.05, 0.1) is 0 Å². The monoisotopic (exact) mass is 818 g/mol. The first-order chi connectivity index (χ1) is 27.7. The molecule has 0 saturated heterocycles. The topological polar surface area (TPSA) is 3.24 Å². The second-order valence-corrected chi connectivity index (χ2v) is 15.8. The van der Waals surface area contributed by atoms with Crippen LogP contribution in [0.15, 0.2) is 133 Å². The van der Waals surface area contributed by atoms with Gasteiger partial charge in [0.2, 0.25) is 0 Å². The number of para-hydroxylation sites is 1. The van der Waals surface area contributed by atoms with Gasteiger partial charge in [-0.1, -0.05) is 172 Å². The minimum atomic E-state index is -2.87. The Morgan fingerprint density at radius 1 is 0.797 bits per heavy atom. The van der Waals surface area contributed by atoms with Crippen molar-refractivity contribution in [2.24, 2.45) is 5.41 Å². The highest BCUT2D eigenvalue weighted by Crippen LogP contribution is 2.38. The molecule has 2 rings (SSSR count). The number of hydrogen-bond acceptors (Lipinski definition) is 1. The number of anilines is 1. The Bertz CT molecular complexity index is 1590. The Balaban J connectivity index is -0.000000779. The molecule has 1 atom stereocenters. The minimum Gasteiger partial charge on any atom is -0.371 e. The fourth-order valence-electron chi connectivity index (χ4n) is 6.29. The Hall–Kier alpha value is -4.01. The summed E-state index contributed by atoms with van der Waals surface area (Å²) in [5.74, 6) is -2.87. The van der Waals surface area contributed by atoms with Crippen LogP contribution in [0.3, 0.4) is 0 Å². The first-order valence-corrected chi connectivity index (χ1v) is 22.0. The fraction of sp³-hybridized carbons (Fsp3) is 0.509. The van der Waals surface area contributed by atoms with Crippen molar-refractivity contribution in [1.29, 1.82) is 0 Å². The quantitative estimate of drug-likeness (QED) is 0.0731. The van der Waals surface area contributed by atoms with Gasteiger partial charge in [-0.25, -0.2) is 13.2 Å². The van der Waals surface area contributed by atoms with E-state index in [1.807, 2.05) is 26.0 Å². The fourth-order valence-corrected chi connectivity index (χ4v) is 6.29. The molecule has 0 fully saturated rings. The van der Waals surface area contributed by atoms with Gasteiger partial charge in [0.1, 0.15) is 5.67 Å². The predicted molar refractivity (Wildman–Crippen MR) is 263 cm³/mol. The Labute approximate surface area is 363 Å². The van der Waals surface area contributed by atoms with E-state index in [1.165, 1.54) is 85.9 Å². The van der Waals surface area contributed by atoms with Gasteiger partial charge in [-0.3, -0.25) is 0 Å². The van der Waals surface area contributed by atoms with Gasteiger partial charge < -0.3 is 4.90 Å². The maximum Gasteiger partial charge on any atom is 0.271 e. The molecule has 0 N–H and O–H groups in total. The molecule has 2 aromatic carbocycles. The zero-order valence-electron chi connectivity index (χ0n) is 40.3. The van der Waals surface area contributed by atoms with Crippen molar-refractivity contribution in [3.05, 3.63) is 150 Å². The summed E-state index contributed by atoms with van der Waals surface area (Å²) in [6, 6.07) is 16.1. The van der Waals surface area contributed by atoms with Gasteiger partial charge in [-0.05, 0) is 119 Å². The Morgan fingerprint density at radius 2 is 1.37 bits per heavy atom. The number of halogens is 3. The van der Waals surface area contributed by atoms with Crippen LogP contribution in [0.5, 0.6) is 0 Å². The van der Waals surface area contributed by atoms with Crippen LogP contribution in [-0.2, 0) is 5.67 Å². The molecule has 2 aromatic rings. The van der Waals surface area contributed by atoms with Crippen molar-refractivity contribution in [3.8, 4) is 0 Å². The molecule has 0 aliphatic carbocycles. The van der Waals surface area contributed by atoms with Crippen LogP contribution in [-0.4, -0.2) is 19.0 Å². The highest BCUT2D eigenvalue weighted by atomic mass is 19.3. The molecule has 4 heteroatoms. The first-order valence-electron chi connectivity index (χ1n) is 22.0. The van der Waals surface area contributed by atoms with Crippen LogP contribution in [0.4, 0.5) is 18.9 Å². The van der Waals surface area contributed by atoms with E-state index >= 15 is 0 Å². The van der Waals surface area contributed by atoms with E-state index in [1.54, 1.807) is 52.0 Å². The molecule has 0 aliphatic rings. The third-order valence-electron chi connectivity index (χ3n) is 9.88. The van der Waals surface area contributed by atoms with Crippen LogP contribution in [0.1, 0.15) is 164 Å². The zero-order valence-corrected chi connectivity index (χ0v) is 40.3. The number of aryl methyl sites for hydroxylation is 1. The van der Waals surface area contributed by atoms with Crippen LogP contribution >= 0.6 is 0 Å². The third-order valence-corrected chi connectivity index (χ3v) is 9.88. The number of unbranched alkanes of at least 4 members (excludes halogenated alkanes) is 1. The van der Waals surface area contributed by atoms with Gasteiger partial charge in [0.15, 0.2) is 0 Å². The van der Waals surface area contributed by atoms with Crippen LogP contribution in [0, 0.1) is 12.3 Å². The van der Waals surface area contributed by atoms with E-state index in [0.29, 0.717) is 16.7 Å². The molecule has 1 unspecified atom stereocenters. The van der Waals surface area contributed by atoms with Gasteiger partial charge in [0, 0.05) is 31.3 Å². The number of alkyl halides is 3. The minimum absolute atomic E-state index is 0.0394. The molecule has 0 saturated carbocycles. The Morgan fingerprint density at radius 3 is 1.73 bits per heavy atom. The predicted octanol–water partition coefficient (Wildman–Crippen LogP) is 18.5. The smallest absolute Gasteiger partial charge is 0.271 e. The van der Waals surface area contributed by atoms with Crippen molar-refractivity contribution in [1.82, 2.24) is 0 Å². The van der Waals surface area contributed by atoms with Crippen molar-refractivity contribution in [2.75, 3.05) is 18.0 Å². The summed E-state index contributed by atoms with van der Waals surface area (Å²) >= 11 is 0. The van der Waals surface area contributed by atoms with Crippen molar-refractivity contribution in [3.63, 3.8) is 0 Å². The molecule has 0 bridgehead atoms. The third kappa shape index (κ3) is 25.3. The lowest BCUT2D eigenvalue weighted by Gasteiger charge is -2.31. The highest BCUT2D eigenvalue weighted by Gasteiger charge is 2.28. The normalized spacial score (nSPS) is 12.2. The summed E-state index contributed by atoms with van der Waals surface area (Å²) in [6.07, 6.45) is 17.0. The molecule has 332 valence electrons. The molecular formula is C55H86F3N. The average molecular weight is 818 g/mol. The van der Waals surface area contributed by atoms with Crippen molar-refractivity contribution in [2.45, 2.75) is 166 Å². The van der Waals surface area contributed by atoms with Crippen molar-refractivity contribution < 1.29 is 13.2 Å². The number of rotatable bonds is 20. The molecule has 59 heavy (non-hydrogen) atoms. The summed E-state index contributed by atoms with van der Waals surface area (Å²) < 4.78 is 39.7. The zero-order chi connectivity index (χ0) is 46.2. The van der Waals surface area contributed by atoms with Crippen LogP contribution in [0.2, 0.25) is 0 Å². The molecule has 0 radical (unpaired) electrons. The number of nitrogens with zero attached hydrogens (tertiary/aromatic N) is 1. The second kappa shape index (κ2) is 32.8. The molecular weight excluding hydrogens is 732 g/mol. The van der Waals surface area contributed by atoms with Gasteiger partial charge in [-0.2, -0.15) is 0 Å². The van der Waals surface area contributed by atoms with E-state index in [-0.39, 0.29) is 11.0 Å². The van der Waals surface area contributed by atoms with E-state index < -0.39 is 11.6 Å². The number of hydrogen-bond donors (Lipinski definition) is 0. The highest BCUT2D eigenvalue weighted by molar-refractivity contribution is 5.53. The molecule has 0 aliphatic heterocycles. The lowest BCUT2D eigenvalue weighted by Crippen LogP contribution is -2.27. The van der Waals surface area contributed by atoms with E-state index in [2.05, 4.69) is 116 Å². The van der Waals surface area contributed by atoms with E-state index in [9.17, 15) is 13.2 Å². The molecule has 0 spiro atoms. The second-order valence-electron chi connectivity index (χ2n) is 15.8. The van der Waals surface area contributed by atoms with Gasteiger partial charge in [-0.15, -0.1) is 12.3 Å². The van der Waals surface area contributed by atoms with Crippen molar-refractivity contribution >= 4 is 11.8 Å². The lowest BCUT2D eigenvalue weighted by atomic mass is 9.74. The SMILES string of the molecule is C=C(C)CCC.C=C/C(C(=C)C)=C(\C=C/C)C(C)(F)F.C=C=C(CCCN(CCC)c1ccccc1C)C(C)(CC)CCCC.C=Cc1ccc(C(C)(C)F)cc1.CC. The van der Waals surface area contributed by atoms with Crippen LogP contribution < -0.4 is 4.90 Å². The lowest BCUT2D eigenvalue weighted by molar-refractivity contribution is 0.0668. The Kier molecular flexibility index (Phi) is 33.0. The molecule has 0 heterocycles. The summed E-state index contributed by atoms with van der Waals surface area (Å²) in [4.78, 5) is 2.55. The number of benzene rings is 2. The molecule has 0 aromatic heterocycles. The van der Waals surface area contributed by atoms with E-state index in [0.717, 1.165) is 32.0 Å². The molecule has 1 nitrogen and oxygen atoms in total. The maximum atomic E-state index is 13.3. The summed E-state index contributed by atoms with van der Waals surface area (Å²) in [5, 5.41) is 0. The summed E-state index contributed by atoms with van der Waals surface area (Å²) in [6.45, 7) is 47.8. The molecule has 0 amide bonds. The van der Waals surface area contributed by atoms with E-state index in [4.69, 9.17) is 0 Å².